The number of halogens is 1. The van der Waals surface area contributed by atoms with E-state index in [0.717, 1.165) is 54.2 Å². The van der Waals surface area contributed by atoms with Gasteiger partial charge in [-0.25, -0.2) is 14.4 Å². The molecule has 0 unspecified atom stereocenters. The third kappa shape index (κ3) is 4.46. The molecule has 164 valence electrons. The van der Waals surface area contributed by atoms with Gasteiger partial charge in [-0.05, 0) is 29.8 Å². The molecule has 0 atom stereocenters. The summed E-state index contributed by atoms with van der Waals surface area (Å²) in [6.45, 7) is 4.30. The molecule has 32 heavy (non-hydrogen) atoms. The van der Waals surface area contributed by atoms with E-state index in [1.807, 2.05) is 36.7 Å². The van der Waals surface area contributed by atoms with Crippen LogP contribution < -0.4 is 10.2 Å². The van der Waals surface area contributed by atoms with E-state index in [0.29, 0.717) is 31.0 Å². The Balaban J connectivity index is 1.43. The Morgan fingerprint density at radius 1 is 1.12 bits per heavy atom. The summed E-state index contributed by atoms with van der Waals surface area (Å²) < 4.78 is 20.4. The lowest BCUT2D eigenvalue weighted by Crippen LogP contribution is -2.37. The molecule has 0 amide bonds. The van der Waals surface area contributed by atoms with Crippen molar-refractivity contribution in [3.8, 4) is 11.4 Å². The van der Waals surface area contributed by atoms with E-state index in [-0.39, 0.29) is 5.82 Å². The van der Waals surface area contributed by atoms with Crippen LogP contribution in [0.4, 0.5) is 10.2 Å². The largest absolute Gasteiger partial charge is 0.378 e. The molecule has 0 aliphatic carbocycles. The van der Waals surface area contributed by atoms with Gasteiger partial charge >= 0.3 is 0 Å². The molecule has 3 aromatic heterocycles. The van der Waals surface area contributed by atoms with Gasteiger partial charge in [0.2, 0.25) is 0 Å². The lowest BCUT2D eigenvalue weighted by molar-refractivity contribution is 0.122. The Hall–Kier alpha value is -3.36. The summed E-state index contributed by atoms with van der Waals surface area (Å²) in [7, 11) is 0. The van der Waals surface area contributed by atoms with Crippen LogP contribution in [0.15, 0.2) is 55.0 Å². The van der Waals surface area contributed by atoms with Crippen LogP contribution in [-0.4, -0.2) is 52.8 Å². The van der Waals surface area contributed by atoms with Gasteiger partial charge in [0.25, 0.3) is 0 Å². The molecule has 0 radical (unpaired) electrons. The molecular weight excluding hydrogens is 407 g/mol. The van der Waals surface area contributed by atoms with Crippen molar-refractivity contribution in [3.63, 3.8) is 0 Å². The zero-order valence-corrected chi connectivity index (χ0v) is 17.7. The number of nitrogens with zero attached hydrogens (tertiary/aromatic N) is 4. The molecule has 1 aromatic carbocycles. The molecule has 0 saturated carbocycles. The van der Waals surface area contributed by atoms with E-state index in [4.69, 9.17) is 14.7 Å². The number of pyridine rings is 1. The number of fused-ring (bicyclic) bond motifs is 1. The van der Waals surface area contributed by atoms with Gasteiger partial charge in [-0.1, -0.05) is 6.07 Å². The molecule has 1 fully saturated rings. The molecule has 1 saturated heterocycles. The molecule has 1 aliphatic rings. The second-order valence-corrected chi connectivity index (χ2v) is 7.79. The highest BCUT2D eigenvalue weighted by Gasteiger charge is 2.19. The number of aromatic amines is 1. The molecular formula is C24H25FN6O. The number of hydrogen-bond donors (Lipinski definition) is 2. The Kier molecular flexibility index (Phi) is 6.04. The van der Waals surface area contributed by atoms with Crippen LogP contribution in [0.5, 0.6) is 0 Å². The van der Waals surface area contributed by atoms with Gasteiger partial charge in [-0.2, -0.15) is 0 Å². The molecule has 7 nitrogen and oxygen atoms in total. The summed E-state index contributed by atoms with van der Waals surface area (Å²) >= 11 is 0. The molecule has 0 bridgehead atoms. The average molecular weight is 433 g/mol. The van der Waals surface area contributed by atoms with Crippen LogP contribution in [0.2, 0.25) is 0 Å². The predicted molar refractivity (Wildman–Crippen MR) is 122 cm³/mol. The second-order valence-electron chi connectivity index (χ2n) is 7.79. The van der Waals surface area contributed by atoms with E-state index in [2.05, 4.69) is 20.2 Å². The standard InChI is InChI=1S/C24H25FN6O/c25-20-3-4-21-19(6-9-28-21)23(20)24-29-18(5-8-27-16-17-2-1-7-26-15-17)14-22(30-24)31-10-12-32-13-11-31/h1-4,6-7,9,14-15,27-28H,5,8,10-13,16H2. The average Bonchev–Trinajstić information content (AvgIpc) is 3.31. The van der Waals surface area contributed by atoms with Crippen molar-refractivity contribution < 1.29 is 9.13 Å². The molecule has 0 spiro atoms. The molecule has 4 heterocycles. The van der Waals surface area contributed by atoms with E-state index in [1.54, 1.807) is 12.3 Å². The quantitative estimate of drug-likeness (QED) is 0.436. The number of H-pyrrole nitrogens is 1. The summed E-state index contributed by atoms with van der Waals surface area (Å²) in [5.41, 5.74) is 3.30. The Morgan fingerprint density at radius 3 is 2.88 bits per heavy atom. The summed E-state index contributed by atoms with van der Waals surface area (Å²) in [5.74, 6) is 0.906. The van der Waals surface area contributed by atoms with Gasteiger partial charge in [0.05, 0.1) is 18.8 Å². The molecule has 1 aliphatic heterocycles. The number of rotatable bonds is 7. The van der Waals surface area contributed by atoms with Gasteiger partial charge in [-0.3, -0.25) is 4.98 Å². The maximum Gasteiger partial charge on any atom is 0.165 e. The minimum absolute atomic E-state index is 0.322. The first-order valence-corrected chi connectivity index (χ1v) is 10.8. The van der Waals surface area contributed by atoms with Gasteiger partial charge in [0.15, 0.2) is 5.82 Å². The fourth-order valence-electron chi connectivity index (χ4n) is 3.96. The summed E-state index contributed by atoms with van der Waals surface area (Å²) in [6.07, 6.45) is 6.14. The normalized spacial score (nSPS) is 14.2. The number of ether oxygens (including phenoxy) is 1. The van der Waals surface area contributed by atoms with Gasteiger partial charge in [-0.15, -0.1) is 0 Å². The fourth-order valence-corrected chi connectivity index (χ4v) is 3.96. The van der Waals surface area contributed by atoms with Crippen molar-refractivity contribution in [1.29, 1.82) is 0 Å². The van der Waals surface area contributed by atoms with Crippen molar-refractivity contribution >= 4 is 16.7 Å². The summed E-state index contributed by atoms with van der Waals surface area (Å²) in [5, 5.41) is 4.21. The smallest absolute Gasteiger partial charge is 0.165 e. The third-order valence-electron chi connectivity index (χ3n) is 5.62. The van der Waals surface area contributed by atoms with E-state index in [1.165, 1.54) is 6.07 Å². The number of anilines is 1. The van der Waals surface area contributed by atoms with Crippen LogP contribution in [-0.2, 0) is 17.7 Å². The number of nitrogens with one attached hydrogen (secondary N) is 2. The fraction of sp³-hybridized carbons (Fsp3) is 0.292. The van der Waals surface area contributed by atoms with E-state index in [9.17, 15) is 4.39 Å². The van der Waals surface area contributed by atoms with Crippen molar-refractivity contribution in [3.05, 3.63) is 72.1 Å². The SMILES string of the molecule is Fc1ccc2[nH]ccc2c1-c1nc(CCNCc2cccnc2)cc(N2CCOCC2)n1. The molecule has 8 heteroatoms. The first kappa shape index (κ1) is 20.5. The molecule has 4 aromatic rings. The Labute approximate surface area is 185 Å². The molecule has 2 N–H and O–H groups in total. The van der Waals surface area contributed by atoms with Crippen LogP contribution in [0.3, 0.4) is 0 Å². The van der Waals surface area contributed by atoms with Crippen LogP contribution in [0.25, 0.3) is 22.3 Å². The highest BCUT2D eigenvalue weighted by molar-refractivity contribution is 5.93. The number of morpholine rings is 1. The third-order valence-corrected chi connectivity index (χ3v) is 5.62. The lowest BCUT2D eigenvalue weighted by atomic mass is 10.1. The zero-order valence-electron chi connectivity index (χ0n) is 17.7. The van der Waals surface area contributed by atoms with Crippen molar-refractivity contribution in [1.82, 2.24) is 25.3 Å². The van der Waals surface area contributed by atoms with Gasteiger partial charge in [0.1, 0.15) is 11.6 Å². The zero-order chi connectivity index (χ0) is 21.8. The maximum atomic E-state index is 14.9. The highest BCUT2D eigenvalue weighted by atomic mass is 19.1. The van der Waals surface area contributed by atoms with Crippen LogP contribution >= 0.6 is 0 Å². The minimum Gasteiger partial charge on any atom is -0.378 e. The number of hydrogen-bond acceptors (Lipinski definition) is 6. The van der Waals surface area contributed by atoms with Gasteiger partial charge in [0, 0.05) is 73.9 Å². The van der Waals surface area contributed by atoms with Crippen molar-refractivity contribution in [2.75, 3.05) is 37.7 Å². The lowest BCUT2D eigenvalue weighted by Gasteiger charge is -2.28. The van der Waals surface area contributed by atoms with Crippen LogP contribution in [0.1, 0.15) is 11.3 Å². The van der Waals surface area contributed by atoms with E-state index < -0.39 is 0 Å². The van der Waals surface area contributed by atoms with Crippen molar-refractivity contribution in [2.45, 2.75) is 13.0 Å². The van der Waals surface area contributed by atoms with Crippen molar-refractivity contribution in [2.24, 2.45) is 0 Å². The summed E-state index contributed by atoms with van der Waals surface area (Å²) in [6, 6.07) is 11.1. The van der Waals surface area contributed by atoms with E-state index >= 15 is 0 Å². The van der Waals surface area contributed by atoms with Crippen LogP contribution in [0, 0.1) is 5.82 Å². The second kappa shape index (κ2) is 9.42. The Morgan fingerprint density at radius 2 is 2.03 bits per heavy atom. The highest BCUT2D eigenvalue weighted by Crippen LogP contribution is 2.30. The molecule has 5 rings (SSSR count). The monoisotopic (exact) mass is 432 g/mol. The first-order valence-electron chi connectivity index (χ1n) is 10.8. The van der Waals surface area contributed by atoms with Gasteiger partial charge < -0.3 is 19.9 Å². The topological polar surface area (TPSA) is 79.0 Å². The maximum absolute atomic E-state index is 14.9. The predicted octanol–water partition coefficient (Wildman–Crippen LogP) is 3.33. The number of benzene rings is 1. The number of aromatic nitrogens is 4. The first-order chi connectivity index (χ1) is 15.8. The Bertz CT molecular complexity index is 1190. The minimum atomic E-state index is -0.322. The summed E-state index contributed by atoms with van der Waals surface area (Å²) in [4.78, 5) is 19.0.